The largest absolute Gasteiger partial charge is 0.486 e. The maximum Gasteiger partial charge on any atom is 0.223 e. The lowest BCUT2D eigenvalue weighted by molar-refractivity contribution is -0.128. The van der Waals surface area contributed by atoms with Crippen LogP contribution in [0.2, 0.25) is 0 Å². The number of benzene rings is 2. The van der Waals surface area contributed by atoms with Crippen molar-refractivity contribution in [3.63, 3.8) is 0 Å². The van der Waals surface area contributed by atoms with Gasteiger partial charge in [0.05, 0.1) is 12.2 Å². The van der Waals surface area contributed by atoms with Crippen LogP contribution >= 0.6 is 0 Å². The Balaban J connectivity index is 1.66. The highest BCUT2D eigenvalue weighted by atomic mass is 19.2. The highest BCUT2D eigenvalue weighted by Crippen LogP contribution is 2.35. The van der Waals surface area contributed by atoms with Crippen LogP contribution in [0.3, 0.4) is 0 Å². The quantitative estimate of drug-likeness (QED) is 0.647. The molecule has 0 aliphatic carbocycles. The van der Waals surface area contributed by atoms with Crippen molar-refractivity contribution in [2.45, 2.75) is 13.0 Å². The highest BCUT2D eigenvalue weighted by Gasteiger charge is 2.17. The van der Waals surface area contributed by atoms with E-state index in [2.05, 4.69) is 10.4 Å². The van der Waals surface area contributed by atoms with Gasteiger partial charge in [-0.25, -0.2) is 8.78 Å². The Morgan fingerprint density at radius 1 is 1.06 bits per heavy atom. The molecule has 0 atom stereocenters. The molecule has 9 heteroatoms. The molecule has 0 saturated heterocycles. The first kappa shape index (κ1) is 20.6. The van der Waals surface area contributed by atoms with E-state index in [1.165, 1.54) is 11.0 Å². The van der Waals surface area contributed by atoms with Crippen molar-refractivity contribution < 1.29 is 23.0 Å². The Labute approximate surface area is 178 Å². The molecule has 0 fully saturated rings. The Bertz CT molecular complexity index is 1110. The summed E-state index contributed by atoms with van der Waals surface area (Å²) >= 11 is 0. The smallest absolute Gasteiger partial charge is 0.223 e. The van der Waals surface area contributed by atoms with Gasteiger partial charge in [0.15, 0.2) is 29.0 Å². The van der Waals surface area contributed by atoms with Gasteiger partial charge in [-0.3, -0.25) is 9.48 Å². The minimum atomic E-state index is -0.951. The number of nitrogens with one attached hydrogen (secondary N) is 1. The monoisotopic (exact) mass is 428 g/mol. The first-order chi connectivity index (χ1) is 14.9. The zero-order valence-corrected chi connectivity index (χ0v) is 17.2. The summed E-state index contributed by atoms with van der Waals surface area (Å²) < 4.78 is 39.8. The molecule has 162 valence electrons. The Morgan fingerprint density at radius 3 is 2.58 bits per heavy atom. The number of hydrogen-bond donors (Lipinski definition) is 1. The molecule has 3 aromatic rings. The molecule has 0 bridgehead atoms. The molecule has 0 radical (unpaired) electrons. The van der Waals surface area contributed by atoms with Crippen molar-refractivity contribution in [1.29, 1.82) is 0 Å². The second-order valence-corrected chi connectivity index (χ2v) is 7.29. The van der Waals surface area contributed by atoms with Gasteiger partial charge >= 0.3 is 0 Å². The van der Waals surface area contributed by atoms with Crippen LogP contribution in [0.5, 0.6) is 11.5 Å². The molecule has 1 amide bonds. The van der Waals surface area contributed by atoms with Crippen molar-refractivity contribution in [1.82, 2.24) is 14.7 Å². The Kier molecular flexibility index (Phi) is 5.75. The third-order valence-corrected chi connectivity index (χ3v) is 4.85. The SMILES string of the molecule is CN(C)C(=O)CCn1nc(Nc2ccc(F)c(F)c2)cc1-c1ccc2c(c1)OCCO2. The number of anilines is 2. The highest BCUT2D eigenvalue weighted by molar-refractivity contribution is 5.75. The normalized spacial score (nSPS) is 12.5. The van der Waals surface area contributed by atoms with Gasteiger partial charge in [0.25, 0.3) is 0 Å². The Hall–Kier alpha value is -3.62. The van der Waals surface area contributed by atoms with Crippen LogP contribution in [0.25, 0.3) is 11.3 Å². The van der Waals surface area contributed by atoms with E-state index in [0.29, 0.717) is 42.8 Å². The number of halogens is 2. The molecule has 2 aromatic carbocycles. The molecule has 1 aliphatic rings. The maximum absolute atomic E-state index is 13.6. The van der Waals surface area contributed by atoms with E-state index in [1.807, 2.05) is 18.2 Å². The van der Waals surface area contributed by atoms with Gasteiger partial charge in [-0.15, -0.1) is 0 Å². The summed E-state index contributed by atoms with van der Waals surface area (Å²) in [5.41, 5.74) is 1.93. The number of amides is 1. The van der Waals surface area contributed by atoms with Gasteiger partial charge in [-0.05, 0) is 30.3 Å². The van der Waals surface area contributed by atoms with Crippen LogP contribution in [-0.2, 0) is 11.3 Å². The first-order valence-corrected chi connectivity index (χ1v) is 9.81. The lowest BCUT2D eigenvalue weighted by Crippen LogP contribution is -2.23. The fraction of sp³-hybridized carbons (Fsp3) is 0.273. The van der Waals surface area contributed by atoms with Crippen molar-refractivity contribution >= 4 is 17.4 Å². The molecule has 7 nitrogen and oxygen atoms in total. The molecule has 1 aliphatic heterocycles. The fourth-order valence-electron chi connectivity index (χ4n) is 3.23. The van der Waals surface area contributed by atoms with Crippen molar-refractivity contribution in [2.75, 3.05) is 32.6 Å². The van der Waals surface area contributed by atoms with Crippen LogP contribution in [0.1, 0.15) is 6.42 Å². The number of aromatic nitrogens is 2. The number of ether oxygens (including phenoxy) is 2. The zero-order chi connectivity index (χ0) is 22.0. The van der Waals surface area contributed by atoms with E-state index < -0.39 is 11.6 Å². The summed E-state index contributed by atoms with van der Waals surface area (Å²) in [4.78, 5) is 13.6. The van der Waals surface area contributed by atoms with Crippen molar-refractivity contribution in [3.05, 3.63) is 54.1 Å². The molecule has 0 saturated carbocycles. The summed E-state index contributed by atoms with van der Waals surface area (Å²) in [6.45, 7) is 1.31. The number of carbonyl (C=O) groups is 1. The molecular weight excluding hydrogens is 406 g/mol. The maximum atomic E-state index is 13.6. The number of carbonyl (C=O) groups excluding carboxylic acids is 1. The topological polar surface area (TPSA) is 68.6 Å². The average molecular weight is 428 g/mol. The summed E-state index contributed by atoms with van der Waals surface area (Å²) in [5.74, 6) is -0.157. The van der Waals surface area contributed by atoms with Crippen molar-refractivity contribution in [2.24, 2.45) is 0 Å². The van der Waals surface area contributed by atoms with E-state index in [9.17, 15) is 13.6 Å². The van der Waals surface area contributed by atoms with Gasteiger partial charge in [-0.2, -0.15) is 5.10 Å². The first-order valence-electron chi connectivity index (χ1n) is 9.81. The molecule has 0 spiro atoms. The van der Waals surface area contributed by atoms with E-state index in [1.54, 1.807) is 24.8 Å². The number of fused-ring (bicyclic) bond motifs is 1. The second kappa shape index (κ2) is 8.63. The summed E-state index contributed by atoms with van der Waals surface area (Å²) in [6, 6.07) is 10.9. The molecule has 0 unspecified atom stereocenters. The van der Waals surface area contributed by atoms with Gasteiger partial charge in [0.1, 0.15) is 13.2 Å². The van der Waals surface area contributed by atoms with Crippen LogP contribution < -0.4 is 14.8 Å². The lowest BCUT2D eigenvalue weighted by Gasteiger charge is -2.19. The number of hydrogen-bond acceptors (Lipinski definition) is 5. The van der Waals surface area contributed by atoms with Gasteiger partial charge < -0.3 is 19.7 Å². The average Bonchev–Trinajstić information content (AvgIpc) is 3.16. The summed E-state index contributed by atoms with van der Waals surface area (Å²) in [6.07, 6.45) is 0.261. The number of nitrogens with zero attached hydrogens (tertiary/aromatic N) is 3. The second-order valence-electron chi connectivity index (χ2n) is 7.29. The van der Waals surface area contributed by atoms with Crippen LogP contribution in [0.4, 0.5) is 20.3 Å². The van der Waals surface area contributed by atoms with Crippen molar-refractivity contribution in [3.8, 4) is 22.8 Å². The van der Waals surface area contributed by atoms with Crippen LogP contribution in [0, 0.1) is 11.6 Å². The predicted molar refractivity (Wildman–Crippen MR) is 112 cm³/mol. The minimum Gasteiger partial charge on any atom is -0.486 e. The van der Waals surface area contributed by atoms with E-state index in [4.69, 9.17) is 9.47 Å². The number of aryl methyl sites for hydroxylation is 1. The summed E-state index contributed by atoms with van der Waals surface area (Å²) in [7, 11) is 3.40. The van der Waals surface area contributed by atoms with E-state index in [-0.39, 0.29) is 12.3 Å². The van der Waals surface area contributed by atoms with E-state index in [0.717, 1.165) is 23.4 Å². The third kappa shape index (κ3) is 4.60. The van der Waals surface area contributed by atoms with E-state index >= 15 is 0 Å². The fourth-order valence-corrected chi connectivity index (χ4v) is 3.23. The number of rotatable bonds is 6. The van der Waals surface area contributed by atoms with Gasteiger partial charge in [-0.1, -0.05) is 0 Å². The third-order valence-electron chi connectivity index (χ3n) is 4.85. The van der Waals surface area contributed by atoms with Gasteiger partial charge in [0, 0.05) is 43.9 Å². The van der Waals surface area contributed by atoms with Gasteiger partial charge in [0.2, 0.25) is 5.91 Å². The van der Waals surface area contributed by atoms with Crippen LogP contribution in [0.15, 0.2) is 42.5 Å². The standard InChI is InChI=1S/C22H22F2N4O3/c1-27(2)22(29)7-8-28-18(14-3-6-19-20(11-14)31-10-9-30-19)13-21(26-28)25-15-4-5-16(23)17(24)12-15/h3-6,11-13H,7-10H2,1-2H3,(H,25,26). The molecule has 2 heterocycles. The zero-order valence-electron chi connectivity index (χ0n) is 17.2. The molecule has 4 rings (SSSR count). The molecule has 1 N–H and O–H groups in total. The molecule has 1 aromatic heterocycles. The summed E-state index contributed by atoms with van der Waals surface area (Å²) in [5, 5.41) is 7.51. The predicted octanol–water partition coefficient (Wildman–Crippen LogP) is 3.82. The minimum absolute atomic E-state index is 0.0289. The lowest BCUT2D eigenvalue weighted by atomic mass is 10.1. The molecule has 31 heavy (non-hydrogen) atoms. The van der Waals surface area contributed by atoms with Crippen LogP contribution in [-0.4, -0.2) is 47.9 Å². The molecular formula is C22H22F2N4O3. The Morgan fingerprint density at radius 2 is 1.84 bits per heavy atom.